The molecular formula is C43H50F2N2S3. The first-order chi connectivity index (χ1) is 24.3. The maximum Gasteiger partial charge on any atom is 0.132 e. The number of thiophene rings is 2. The molecule has 0 bridgehead atoms. The summed E-state index contributed by atoms with van der Waals surface area (Å²) in [7, 11) is 0. The third kappa shape index (κ3) is 9.15. The number of hydrogen-bond acceptors (Lipinski definition) is 5. The van der Waals surface area contributed by atoms with Gasteiger partial charge in [-0.05, 0) is 73.6 Å². The summed E-state index contributed by atoms with van der Waals surface area (Å²) in [6, 6.07) is 17.9. The van der Waals surface area contributed by atoms with Crippen molar-refractivity contribution < 1.29 is 8.78 Å². The Bertz CT molecular complexity index is 1940. The van der Waals surface area contributed by atoms with Crippen LogP contribution < -0.4 is 0 Å². The predicted molar refractivity (Wildman–Crippen MR) is 216 cm³/mol. The van der Waals surface area contributed by atoms with E-state index in [0.29, 0.717) is 23.0 Å². The van der Waals surface area contributed by atoms with Crippen LogP contribution in [0.15, 0.2) is 84.7 Å². The second kappa shape index (κ2) is 18.3. The SMILES string of the molecule is C=C/C(=C(F)\C=C(/C)CC(CC)CCCC)c1ccc(-c2ccc(-c3ccc(-c4ccc(CC(CC)CCCC)cc4F)s3)c3nsnc23)s1. The molecule has 0 N–H and O–H groups in total. The van der Waals surface area contributed by atoms with Gasteiger partial charge in [0.2, 0.25) is 0 Å². The van der Waals surface area contributed by atoms with E-state index < -0.39 is 0 Å². The summed E-state index contributed by atoms with van der Waals surface area (Å²) < 4.78 is 40.5. The Hall–Kier alpha value is -3.26. The molecule has 264 valence electrons. The van der Waals surface area contributed by atoms with Crippen molar-refractivity contribution in [3.63, 3.8) is 0 Å². The second-order valence-electron chi connectivity index (χ2n) is 13.5. The fourth-order valence-electron chi connectivity index (χ4n) is 6.75. The van der Waals surface area contributed by atoms with Crippen LogP contribution in [0, 0.1) is 17.7 Å². The highest BCUT2D eigenvalue weighted by Gasteiger charge is 2.19. The van der Waals surface area contributed by atoms with Gasteiger partial charge in [-0.1, -0.05) is 122 Å². The van der Waals surface area contributed by atoms with Crippen molar-refractivity contribution in [3.8, 4) is 31.3 Å². The number of unbranched alkanes of at least 4 members (excludes halogenated alkanes) is 2. The summed E-state index contributed by atoms with van der Waals surface area (Å²) >= 11 is 4.29. The average molecular weight is 729 g/mol. The number of allylic oxidation sites excluding steroid dienone is 5. The molecule has 7 heteroatoms. The molecule has 0 fully saturated rings. The number of nitrogens with zero attached hydrogens (tertiary/aromatic N) is 2. The van der Waals surface area contributed by atoms with Gasteiger partial charge >= 0.3 is 0 Å². The van der Waals surface area contributed by atoms with Gasteiger partial charge in [-0.15, -0.1) is 22.7 Å². The smallest absolute Gasteiger partial charge is 0.132 e. The minimum Gasteiger partial charge on any atom is -0.206 e. The number of hydrogen-bond donors (Lipinski definition) is 0. The second-order valence-corrected chi connectivity index (χ2v) is 16.2. The molecule has 0 aliphatic rings. The number of benzene rings is 2. The molecule has 5 aromatic rings. The zero-order valence-corrected chi connectivity index (χ0v) is 32.6. The van der Waals surface area contributed by atoms with Gasteiger partial charge in [-0.3, -0.25) is 0 Å². The molecule has 50 heavy (non-hydrogen) atoms. The van der Waals surface area contributed by atoms with E-state index in [2.05, 4.69) is 52.5 Å². The van der Waals surface area contributed by atoms with Crippen molar-refractivity contribution in [3.05, 3.63) is 101 Å². The van der Waals surface area contributed by atoms with Crippen LogP contribution in [0.4, 0.5) is 8.78 Å². The van der Waals surface area contributed by atoms with Crippen LogP contribution in [-0.2, 0) is 6.42 Å². The normalized spacial score (nSPS) is 13.9. The van der Waals surface area contributed by atoms with E-state index in [1.807, 2.05) is 37.3 Å². The Morgan fingerprint density at radius 2 is 1.36 bits per heavy atom. The van der Waals surface area contributed by atoms with Crippen LogP contribution in [0.25, 0.3) is 47.9 Å². The van der Waals surface area contributed by atoms with E-state index in [0.717, 1.165) is 78.5 Å². The molecule has 0 amide bonds. The van der Waals surface area contributed by atoms with Gasteiger partial charge in [0, 0.05) is 41.8 Å². The molecule has 2 unspecified atom stereocenters. The van der Waals surface area contributed by atoms with Gasteiger partial charge in [-0.25, -0.2) is 8.78 Å². The molecule has 2 nitrogen and oxygen atoms in total. The molecule has 2 atom stereocenters. The average Bonchev–Trinajstić information content (AvgIpc) is 3.90. The fourth-order valence-corrected chi connectivity index (χ4v) is 9.46. The summed E-state index contributed by atoms with van der Waals surface area (Å²) in [5, 5.41) is 0. The number of fused-ring (bicyclic) bond motifs is 1. The molecule has 0 aliphatic heterocycles. The van der Waals surface area contributed by atoms with Gasteiger partial charge in [0.25, 0.3) is 0 Å². The van der Waals surface area contributed by atoms with Crippen LogP contribution in [0.3, 0.4) is 0 Å². The fraction of sp³-hybridized carbons (Fsp3) is 0.395. The molecule has 0 saturated carbocycles. The molecule has 3 aromatic heterocycles. The molecule has 0 spiro atoms. The quantitative estimate of drug-likeness (QED) is 0.0840. The van der Waals surface area contributed by atoms with Crippen LogP contribution in [0.1, 0.15) is 103 Å². The maximum atomic E-state index is 15.6. The van der Waals surface area contributed by atoms with E-state index in [1.165, 1.54) is 61.6 Å². The lowest BCUT2D eigenvalue weighted by atomic mass is 9.91. The van der Waals surface area contributed by atoms with Crippen LogP contribution in [0.5, 0.6) is 0 Å². The Morgan fingerprint density at radius 3 is 1.96 bits per heavy atom. The molecule has 5 rings (SSSR count). The van der Waals surface area contributed by atoms with Crippen LogP contribution in [-0.4, -0.2) is 8.75 Å². The van der Waals surface area contributed by atoms with Gasteiger partial charge in [0.05, 0.1) is 11.7 Å². The predicted octanol–water partition coefficient (Wildman–Crippen LogP) is 15.1. The molecule has 0 radical (unpaired) electrons. The summed E-state index contributed by atoms with van der Waals surface area (Å²) in [5.41, 5.74) is 6.86. The minimum atomic E-state index is -0.247. The minimum absolute atomic E-state index is 0.169. The first-order valence-corrected chi connectivity index (χ1v) is 20.6. The number of rotatable bonds is 18. The Morgan fingerprint density at radius 1 is 0.780 bits per heavy atom. The highest BCUT2D eigenvalue weighted by atomic mass is 32.1. The van der Waals surface area contributed by atoms with Crippen molar-refractivity contribution in [1.82, 2.24) is 8.75 Å². The van der Waals surface area contributed by atoms with Crippen molar-refractivity contribution in [2.75, 3.05) is 0 Å². The Kier molecular flexibility index (Phi) is 13.9. The lowest BCUT2D eigenvalue weighted by molar-refractivity contribution is 0.447. The van der Waals surface area contributed by atoms with Gasteiger partial charge < -0.3 is 0 Å². The van der Waals surface area contributed by atoms with E-state index >= 15 is 8.78 Å². The zero-order valence-electron chi connectivity index (χ0n) is 30.2. The molecule has 2 aromatic carbocycles. The molecule has 0 saturated heterocycles. The first kappa shape index (κ1) is 38.0. The van der Waals surface area contributed by atoms with Crippen molar-refractivity contribution in [2.45, 2.75) is 98.8 Å². The number of halogens is 2. The van der Waals surface area contributed by atoms with Crippen LogP contribution in [0.2, 0.25) is 0 Å². The molecule has 3 heterocycles. The van der Waals surface area contributed by atoms with Gasteiger partial charge in [0.1, 0.15) is 22.7 Å². The van der Waals surface area contributed by atoms with Gasteiger partial charge in [-0.2, -0.15) is 8.75 Å². The monoisotopic (exact) mass is 728 g/mol. The largest absolute Gasteiger partial charge is 0.206 e. The van der Waals surface area contributed by atoms with Crippen molar-refractivity contribution in [1.29, 1.82) is 0 Å². The molecule has 0 aliphatic carbocycles. The Labute approximate surface area is 310 Å². The topological polar surface area (TPSA) is 25.8 Å². The standard InChI is InChI=1S/C43H50F2N2S3/c1-7-12-14-29(9-3)24-28(6)25-36(44)32(11-5)38-20-22-40(48-38)34-18-19-35(43-42(34)46-50-47-43)41-23-21-39(49-41)33-17-16-31(27-37(33)45)26-30(10-4)15-13-8-2/h11,16-23,25,27,29-30H,5,7-10,12-15,24,26H2,1-4,6H3/b28-25+,36-32-. The lowest BCUT2D eigenvalue weighted by Crippen LogP contribution is -2.03. The summed E-state index contributed by atoms with van der Waals surface area (Å²) in [6.45, 7) is 14.9. The third-order valence-electron chi connectivity index (χ3n) is 9.78. The van der Waals surface area contributed by atoms with E-state index in [9.17, 15) is 0 Å². The van der Waals surface area contributed by atoms with E-state index in [-0.39, 0.29) is 11.6 Å². The van der Waals surface area contributed by atoms with Gasteiger partial charge in [0.15, 0.2) is 0 Å². The highest BCUT2D eigenvalue weighted by molar-refractivity contribution is 7.19. The van der Waals surface area contributed by atoms with E-state index in [4.69, 9.17) is 8.75 Å². The Balaban J connectivity index is 1.37. The third-order valence-corrected chi connectivity index (χ3v) is 12.6. The first-order valence-electron chi connectivity index (χ1n) is 18.2. The summed E-state index contributed by atoms with van der Waals surface area (Å²) in [5.74, 6) is 0.767. The van der Waals surface area contributed by atoms with Crippen LogP contribution >= 0.6 is 34.4 Å². The summed E-state index contributed by atoms with van der Waals surface area (Å²) in [6.07, 6.45) is 14.6. The highest BCUT2D eigenvalue weighted by Crippen LogP contribution is 2.43. The van der Waals surface area contributed by atoms with Crippen molar-refractivity contribution in [2.24, 2.45) is 11.8 Å². The number of aromatic nitrogens is 2. The van der Waals surface area contributed by atoms with Crippen molar-refractivity contribution >= 4 is 51.0 Å². The van der Waals surface area contributed by atoms with E-state index in [1.54, 1.807) is 29.6 Å². The lowest BCUT2D eigenvalue weighted by Gasteiger charge is -2.15. The zero-order chi connectivity index (χ0) is 35.6. The maximum absolute atomic E-state index is 15.6. The molecular weight excluding hydrogens is 679 g/mol. The summed E-state index contributed by atoms with van der Waals surface area (Å²) in [4.78, 5) is 3.74.